The van der Waals surface area contributed by atoms with Crippen molar-refractivity contribution in [1.82, 2.24) is 10.2 Å². The van der Waals surface area contributed by atoms with Crippen LogP contribution in [0.2, 0.25) is 0 Å². The van der Waals surface area contributed by atoms with E-state index in [2.05, 4.69) is 17.1 Å². The molecule has 1 N–H and O–H groups in total. The molecule has 118 valence electrons. The van der Waals surface area contributed by atoms with E-state index in [9.17, 15) is 4.79 Å². The molecule has 0 atom stereocenters. The summed E-state index contributed by atoms with van der Waals surface area (Å²) in [7, 11) is 0. The molecule has 1 fully saturated rings. The Morgan fingerprint density at radius 1 is 1.05 bits per heavy atom. The molecule has 0 radical (unpaired) electrons. The van der Waals surface area contributed by atoms with Crippen LogP contribution in [0.1, 0.15) is 58.3 Å². The Morgan fingerprint density at radius 2 is 1.70 bits per heavy atom. The summed E-state index contributed by atoms with van der Waals surface area (Å²) in [6.07, 6.45) is 9.67. The molecule has 1 heterocycles. The minimum absolute atomic E-state index is 0.197. The average molecular weight is 284 g/mol. The van der Waals surface area contributed by atoms with Crippen LogP contribution in [0.15, 0.2) is 0 Å². The Hall–Kier alpha value is -0.610. The highest BCUT2D eigenvalue weighted by atomic mass is 16.5. The van der Waals surface area contributed by atoms with E-state index in [1.165, 1.54) is 38.5 Å². The normalized spacial score (nSPS) is 16.2. The second-order valence-corrected chi connectivity index (χ2v) is 5.68. The van der Waals surface area contributed by atoms with Crippen molar-refractivity contribution >= 4 is 5.91 Å². The van der Waals surface area contributed by atoms with Gasteiger partial charge in [-0.1, -0.05) is 45.4 Å². The minimum Gasteiger partial charge on any atom is -0.379 e. The van der Waals surface area contributed by atoms with Gasteiger partial charge in [0.1, 0.15) is 0 Å². The highest BCUT2D eigenvalue weighted by Crippen LogP contribution is 2.06. The maximum atomic E-state index is 11.7. The molecule has 1 aliphatic rings. The molecule has 0 aromatic heterocycles. The first-order valence-electron chi connectivity index (χ1n) is 8.39. The second-order valence-electron chi connectivity index (χ2n) is 5.68. The van der Waals surface area contributed by atoms with Gasteiger partial charge in [0.2, 0.25) is 5.91 Å². The maximum Gasteiger partial charge on any atom is 0.221 e. The van der Waals surface area contributed by atoms with E-state index in [1.54, 1.807) is 0 Å². The summed E-state index contributed by atoms with van der Waals surface area (Å²) < 4.78 is 5.29. The number of hydrogen-bond donors (Lipinski definition) is 1. The highest BCUT2D eigenvalue weighted by Gasteiger charge is 2.11. The molecule has 1 aliphatic heterocycles. The van der Waals surface area contributed by atoms with Crippen LogP contribution in [0, 0.1) is 0 Å². The first kappa shape index (κ1) is 17.4. The molecule has 0 aromatic carbocycles. The fourth-order valence-corrected chi connectivity index (χ4v) is 2.48. The number of morpholine rings is 1. The van der Waals surface area contributed by atoms with E-state index in [-0.39, 0.29) is 5.91 Å². The predicted octanol–water partition coefficient (Wildman–Crippen LogP) is 2.58. The van der Waals surface area contributed by atoms with Crippen LogP contribution < -0.4 is 5.32 Å². The number of hydrogen-bond acceptors (Lipinski definition) is 3. The molecule has 1 amide bonds. The van der Waals surface area contributed by atoms with Crippen molar-refractivity contribution < 1.29 is 9.53 Å². The molecule has 1 rings (SSSR count). The molecule has 1 saturated heterocycles. The fraction of sp³-hybridized carbons (Fsp3) is 0.938. The van der Waals surface area contributed by atoms with Crippen molar-refractivity contribution in [2.75, 3.05) is 39.4 Å². The zero-order valence-corrected chi connectivity index (χ0v) is 13.2. The minimum atomic E-state index is 0.197. The number of ether oxygens (including phenoxy) is 1. The third-order valence-electron chi connectivity index (χ3n) is 3.86. The number of nitrogens with one attached hydrogen (secondary N) is 1. The van der Waals surface area contributed by atoms with Gasteiger partial charge in [-0.25, -0.2) is 0 Å². The molecule has 0 aromatic rings. The molecule has 0 spiro atoms. The Bertz CT molecular complexity index is 241. The van der Waals surface area contributed by atoms with Crippen molar-refractivity contribution in [3.05, 3.63) is 0 Å². The summed E-state index contributed by atoms with van der Waals surface area (Å²) in [6, 6.07) is 0. The van der Waals surface area contributed by atoms with E-state index in [0.29, 0.717) is 6.42 Å². The summed E-state index contributed by atoms with van der Waals surface area (Å²) in [5.41, 5.74) is 0. The van der Waals surface area contributed by atoms with Crippen LogP contribution in [0.3, 0.4) is 0 Å². The molecule has 0 bridgehead atoms. The largest absolute Gasteiger partial charge is 0.379 e. The van der Waals surface area contributed by atoms with Crippen molar-refractivity contribution in [3.8, 4) is 0 Å². The van der Waals surface area contributed by atoms with E-state index in [4.69, 9.17) is 4.74 Å². The van der Waals surface area contributed by atoms with Crippen LogP contribution in [-0.4, -0.2) is 50.2 Å². The summed E-state index contributed by atoms with van der Waals surface area (Å²) >= 11 is 0. The number of rotatable bonds is 11. The van der Waals surface area contributed by atoms with Gasteiger partial charge in [-0.05, 0) is 6.42 Å². The van der Waals surface area contributed by atoms with E-state index < -0.39 is 0 Å². The van der Waals surface area contributed by atoms with Crippen molar-refractivity contribution in [3.63, 3.8) is 0 Å². The van der Waals surface area contributed by atoms with Crippen molar-refractivity contribution in [1.29, 1.82) is 0 Å². The maximum absolute atomic E-state index is 11.7. The lowest BCUT2D eigenvalue weighted by Crippen LogP contribution is -2.38. The van der Waals surface area contributed by atoms with Crippen molar-refractivity contribution in [2.24, 2.45) is 0 Å². The van der Waals surface area contributed by atoms with Crippen LogP contribution in [0.4, 0.5) is 0 Å². The third kappa shape index (κ3) is 9.32. The molecule has 4 heteroatoms. The lowest BCUT2D eigenvalue weighted by atomic mass is 10.1. The van der Waals surface area contributed by atoms with Gasteiger partial charge in [0.15, 0.2) is 0 Å². The first-order valence-corrected chi connectivity index (χ1v) is 8.39. The Kier molecular flexibility index (Phi) is 10.6. The van der Waals surface area contributed by atoms with Gasteiger partial charge in [0.05, 0.1) is 13.2 Å². The molecule has 4 nitrogen and oxygen atoms in total. The van der Waals surface area contributed by atoms with Crippen LogP contribution >= 0.6 is 0 Å². The van der Waals surface area contributed by atoms with Gasteiger partial charge in [0.25, 0.3) is 0 Å². The molecule has 0 saturated carbocycles. The molecule has 0 aliphatic carbocycles. The predicted molar refractivity (Wildman–Crippen MR) is 82.9 cm³/mol. The Labute approximate surface area is 124 Å². The lowest BCUT2D eigenvalue weighted by Gasteiger charge is -2.26. The van der Waals surface area contributed by atoms with Crippen LogP contribution in [0.25, 0.3) is 0 Å². The van der Waals surface area contributed by atoms with Gasteiger partial charge >= 0.3 is 0 Å². The average Bonchev–Trinajstić information content (AvgIpc) is 2.49. The first-order chi connectivity index (χ1) is 9.83. The summed E-state index contributed by atoms with van der Waals surface area (Å²) in [4.78, 5) is 14.0. The highest BCUT2D eigenvalue weighted by molar-refractivity contribution is 5.75. The lowest BCUT2D eigenvalue weighted by molar-refractivity contribution is -0.121. The number of nitrogens with zero attached hydrogens (tertiary/aromatic N) is 1. The monoisotopic (exact) mass is 284 g/mol. The van der Waals surface area contributed by atoms with Gasteiger partial charge in [-0.3, -0.25) is 9.69 Å². The number of amides is 1. The van der Waals surface area contributed by atoms with Crippen LogP contribution in [-0.2, 0) is 9.53 Å². The SMILES string of the molecule is CCCCCCCCCNC(=O)CCN1CCOCC1. The summed E-state index contributed by atoms with van der Waals surface area (Å²) in [5.74, 6) is 0.197. The van der Waals surface area contributed by atoms with Gasteiger partial charge in [-0.15, -0.1) is 0 Å². The smallest absolute Gasteiger partial charge is 0.221 e. The quantitative estimate of drug-likeness (QED) is 0.593. The number of unbranched alkanes of at least 4 members (excludes halogenated alkanes) is 6. The van der Waals surface area contributed by atoms with Crippen LogP contribution in [0.5, 0.6) is 0 Å². The second kappa shape index (κ2) is 12.2. The molecule has 20 heavy (non-hydrogen) atoms. The number of carbonyl (C=O) groups is 1. The topological polar surface area (TPSA) is 41.6 Å². The van der Waals surface area contributed by atoms with E-state index >= 15 is 0 Å². The van der Waals surface area contributed by atoms with Gasteiger partial charge in [0, 0.05) is 32.6 Å². The summed E-state index contributed by atoms with van der Waals surface area (Å²) in [6.45, 7) is 7.49. The molecular weight excluding hydrogens is 252 g/mol. The Morgan fingerprint density at radius 3 is 2.40 bits per heavy atom. The van der Waals surface area contributed by atoms with Crippen molar-refractivity contribution in [2.45, 2.75) is 58.3 Å². The van der Waals surface area contributed by atoms with Gasteiger partial charge < -0.3 is 10.1 Å². The Balaban J connectivity index is 1.84. The fourth-order valence-electron chi connectivity index (χ4n) is 2.48. The number of carbonyl (C=O) groups excluding carboxylic acids is 1. The third-order valence-corrected chi connectivity index (χ3v) is 3.86. The van der Waals surface area contributed by atoms with Gasteiger partial charge in [-0.2, -0.15) is 0 Å². The standard InChI is InChI=1S/C16H32N2O2/c1-2-3-4-5-6-7-8-10-17-16(19)9-11-18-12-14-20-15-13-18/h2-15H2,1H3,(H,17,19). The van der Waals surface area contributed by atoms with E-state index in [0.717, 1.165) is 45.8 Å². The zero-order chi connectivity index (χ0) is 14.5. The molecular formula is C16H32N2O2. The van der Waals surface area contributed by atoms with E-state index in [1.807, 2.05) is 0 Å². The molecule has 0 unspecified atom stereocenters. The summed E-state index contributed by atoms with van der Waals surface area (Å²) in [5, 5.41) is 3.03. The zero-order valence-electron chi connectivity index (χ0n) is 13.2.